The number of likely N-dealkylation sites (tertiary alicyclic amines) is 1. The molecule has 1 aliphatic heterocycles. The third-order valence-corrected chi connectivity index (χ3v) is 5.98. The molecule has 1 aliphatic rings. The van der Waals surface area contributed by atoms with E-state index in [4.69, 9.17) is 0 Å². The van der Waals surface area contributed by atoms with Gasteiger partial charge in [-0.3, -0.25) is 4.79 Å². The Morgan fingerprint density at radius 2 is 2.17 bits per heavy atom. The lowest BCUT2D eigenvalue weighted by molar-refractivity contribution is 0.0941. The Bertz CT molecular complexity index is 728. The van der Waals surface area contributed by atoms with Gasteiger partial charge in [0, 0.05) is 25.0 Å². The standard InChI is InChI=1S/C17H22BrN3OS/c1-12(2)10-21-14(9-15-16(21)13(18)11-23-15)17(22)19-5-8-20-6-3-4-7-20/h9,11H,1,3-8,10H2,2H3,(H,19,22). The molecule has 6 heteroatoms. The van der Waals surface area contributed by atoms with E-state index in [-0.39, 0.29) is 5.91 Å². The number of nitrogens with zero attached hydrogens (tertiary/aromatic N) is 2. The molecule has 0 saturated carbocycles. The molecule has 0 spiro atoms. The summed E-state index contributed by atoms with van der Waals surface area (Å²) in [5, 5.41) is 5.13. The number of hydrogen-bond acceptors (Lipinski definition) is 3. The van der Waals surface area contributed by atoms with Gasteiger partial charge in [-0.2, -0.15) is 0 Å². The summed E-state index contributed by atoms with van der Waals surface area (Å²) < 4.78 is 4.22. The number of thiophene rings is 1. The minimum Gasteiger partial charge on any atom is -0.349 e. The van der Waals surface area contributed by atoms with E-state index in [1.165, 1.54) is 12.8 Å². The van der Waals surface area contributed by atoms with Crippen molar-refractivity contribution in [3.8, 4) is 0 Å². The van der Waals surface area contributed by atoms with Crippen LogP contribution >= 0.6 is 27.3 Å². The van der Waals surface area contributed by atoms with Crippen LogP contribution in [0.3, 0.4) is 0 Å². The fourth-order valence-electron chi connectivity index (χ4n) is 3.08. The number of nitrogens with one attached hydrogen (secondary N) is 1. The highest BCUT2D eigenvalue weighted by Gasteiger charge is 2.19. The van der Waals surface area contributed by atoms with E-state index in [9.17, 15) is 4.79 Å². The smallest absolute Gasteiger partial charge is 0.268 e. The molecule has 3 heterocycles. The highest BCUT2D eigenvalue weighted by molar-refractivity contribution is 9.10. The average Bonchev–Trinajstić information content (AvgIpc) is 3.19. The van der Waals surface area contributed by atoms with Crippen LogP contribution in [0.5, 0.6) is 0 Å². The van der Waals surface area contributed by atoms with Crippen molar-refractivity contribution >= 4 is 43.4 Å². The Morgan fingerprint density at radius 3 is 2.87 bits per heavy atom. The first-order chi connectivity index (χ1) is 11.1. The fourth-order valence-corrected chi connectivity index (χ4v) is 4.77. The van der Waals surface area contributed by atoms with Crippen molar-refractivity contribution in [1.82, 2.24) is 14.8 Å². The Morgan fingerprint density at radius 1 is 1.43 bits per heavy atom. The van der Waals surface area contributed by atoms with Crippen molar-refractivity contribution < 1.29 is 4.79 Å². The van der Waals surface area contributed by atoms with Crippen molar-refractivity contribution in [2.45, 2.75) is 26.3 Å². The van der Waals surface area contributed by atoms with Crippen LogP contribution in [0.4, 0.5) is 0 Å². The molecule has 4 nitrogen and oxygen atoms in total. The third-order valence-electron chi connectivity index (χ3n) is 4.15. The van der Waals surface area contributed by atoms with Crippen LogP contribution in [-0.2, 0) is 6.54 Å². The normalized spacial score (nSPS) is 15.4. The first-order valence-corrected chi connectivity index (χ1v) is 9.64. The molecule has 1 amide bonds. The number of aromatic nitrogens is 1. The Balaban J connectivity index is 1.74. The summed E-state index contributed by atoms with van der Waals surface area (Å²) in [6, 6.07) is 1.99. The van der Waals surface area contributed by atoms with Gasteiger partial charge in [0.25, 0.3) is 5.91 Å². The quantitative estimate of drug-likeness (QED) is 0.753. The summed E-state index contributed by atoms with van der Waals surface area (Å²) in [4.78, 5) is 15.0. The average molecular weight is 396 g/mol. The third kappa shape index (κ3) is 3.70. The molecular formula is C17H22BrN3OS. The van der Waals surface area contributed by atoms with Crippen LogP contribution in [0.1, 0.15) is 30.3 Å². The minimum atomic E-state index is 0.000692. The SMILES string of the molecule is C=C(C)Cn1c(C(=O)NCCN2CCCC2)cc2scc(Br)c21. The van der Waals surface area contributed by atoms with E-state index in [1.54, 1.807) is 11.3 Å². The maximum atomic E-state index is 12.6. The second kappa shape index (κ2) is 7.20. The van der Waals surface area contributed by atoms with Gasteiger partial charge in [-0.15, -0.1) is 11.3 Å². The van der Waals surface area contributed by atoms with Gasteiger partial charge in [0.1, 0.15) is 5.69 Å². The maximum absolute atomic E-state index is 12.6. The predicted molar refractivity (Wildman–Crippen MR) is 100 cm³/mol. The van der Waals surface area contributed by atoms with Gasteiger partial charge >= 0.3 is 0 Å². The zero-order valence-electron chi connectivity index (χ0n) is 13.4. The van der Waals surface area contributed by atoms with Gasteiger partial charge in [-0.05, 0) is 54.9 Å². The second-order valence-corrected chi connectivity index (χ2v) is 7.94. The first-order valence-electron chi connectivity index (χ1n) is 7.97. The highest BCUT2D eigenvalue weighted by atomic mass is 79.9. The van der Waals surface area contributed by atoms with E-state index >= 15 is 0 Å². The van der Waals surface area contributed by atoms with Gasteiger partial charge < -0.3 is 14.8 Å². The minimum absolute atomic E-state index is 0.000692. The highest BCUT2D eigenvalue weighted by Crippen LogP contribution is 2.33. The number of fused-ring (bicyclic) bond motifs is 1. The Labute approximate surface area is 149 Å². The molecule has 1 fully saturated rings. The zero-order chi connectivity index (χ0) is 16.4. The largest absolute Gasteiger partial charge is 0.349 e. The molecule has 23 heavy (non-hydrogen) atoms. The molecule has 0 unspecified atom stereocenters. The molecule has 2 aromatic rings. The first kappa shape index (κ1) is 16.7. The van der Waals surface area contributed by atoms with Crippen molar-refractivity contribution in [3.63, 3.8) is 0 Å². The fraction of sp³-hybridized carbons (Fsp3) is 0.471. The van der Waals surface area contributed by atoms with Gasteiger partial charge in [-0.1, -0.05) is 12.2 Å². The molecule has 3 rings (SSSR count). The van der Waals surface area contributed by atoms with Crippen molar-refractivity contribution in [3.05, 3.63) is 33.8 Å². The molecule has 0 bridgehead atoms. The summed E-state index contributed by atoms with van der Waals surface area (Å²) in [7, 11) is 0. The van der Waals surface area contributed by atoms with Crippen LogP contribution in [0, 0.1) is 0 Å². The summed E-state index contributed by atoms with van der Waals surface area (Å²) in [6.45, 7) is 10.6. The number of amides is 1. The molecule has 0 aliphatic carbocycles. The second-order valence-electron chi connectivity index (χ2n) is 6.17. The molecule has 124 valence electrons. The van der Waals surface area contributed by atoms with Crippen LogP contribution in [-0.4, -0.2) is 41.6 Å². The van der Waals surface area contributed by atoms with Crippen LogP contribution in [0.2, 0.25) is 0 Å². The molecule has 2 aromatic heterocycles. The van der Waals surface area contributed by atoms with E-state index in [2.05, 4.69) is 42.7 Å². The molecule has 0 atom stereocenters. The number of hydrogen-bond donors (Lipinski definition) is 1. The summed E-state index contributed by atoms with van der Waals surface area (Å²) in [6.07, 6.45) is 2.55. The van der Waals surface area contributed by atoms with Gasteiger partial charge in [-0.25, -0.2) is 0 Å². The lowest BCUT2D eigenvalue weighted by Gasteiger charge is -2.15. The molecular weight excluding hydrogens is 374 g/mol. The zero-order valence-corrected chi connectivity index (χ0v) is 15.8. The van der Waals surface area contributed by atoms with Crippen molar-refractivity contribution in [2.75, 3.05) is 26.2 Å². The van der Waals surface area contributed by atoms with Gasteiger partial charge in [0.15, 0.2) is 0 Å². The summed E-state index contributed by atoms with van der Waals surface area (Å²) in [5.74, 6) is 0.000692. The lowest BCUT2D eigenvalue weighted by Crippen LogP contribution is -2.34. The van der Waals surface area contributed by atoms with Crippen LogP contribution < -0.4 is 5.32 Å². The lowest BCUT2D eigenvalue weighted by atomic mass is 10.3. The number of allylic oxidation sites excluding steroid dienone is 1. The number of halogens is 1. The van der Waals surface area contributed by atoms with E-state index < -0.39 is 0 Å². The molecule has 1 N–H and O–H groups in total. The van der Waals surface area contributed by atoms with Crippen molar-refractivity contribution in [1.29, 1.82) is 0 Å². The van der Waals surface area contributed by atoms with Crippen LogP contribution in [0.15, 0.2) is 28.1 Å². The van der Waals surface area contributed by atoms with Crippen LogP contribution in [0.25, 0.3) is 10.2 Å². The Hall–Kier alpha value is -1.11. The molecule has 0 aromatic carbocycles. The van der Waals surface area contributed by atoms with Gasteiger partial charge in [0.2, 0.25) is 0 Å². The molecule has 0 radical (unpaired) electrons. The monoisotopic (exact) mass is 395 g/mol. The van der Waals surface area contributed by atoms with E-state index in [1.807, 2.05) is 13.0 Å². The Kier molecular flexibility index (Phi) is 5.24. The summed E-state index contributed by atoms with van der Waals surface area (Å²) in [5.41, 5.74) is 2.84. The molecule has 1 saturated heterocycles. The maximum Gasteiger partial charge on any atom is 0.268 e. The van der Waals surface area contributed by atoms with E-state index in [0.29, 0.717) is 13.1 Å². The number of carbonyl (C=O) groups is 1. The van der Waals surface area contributed by atoms with Gasteiger partial charge in [0.05, 0.1) is 14.7 Å². The topological polar surface area (TPSA) is 37.3 Å². The number of carbonyl (C=O) groups excluding carboxylic acids is 1. The predicted octanol–water partition coefficient (Wildman–Crippen LogP) is 3.87. The number of rotatable bonds is 6. The van der Waals surface area contributed by atoms with E-state index in [0.717, 1.165) is 45.6 Å². The summed E-state index contributed by atoms with van der Waals surface area (Å²) >= 11 is 5.24. The van der Waals surface area contributed by atoms with Crippen molar-refractivity contribution in [2.24, 2.45) is 0 Å².